The number of para-hydroxylation sites is 1. The summed E-state index contributed by atoms with van der Waals surface area (Å²) in [5.41, 5.74) is 8.36. The SMILES string of the molecule is CCC[N+]1=C(/C=C/C2=C3Oc4cc(OCc5ccc(O[C@@H]6OC(CO)[C@H](O)[C@H](O)C6O)cc5)c(COC(=O)NCC)cc4C=C3CCC2)C(C)(C)c2ccccc21. The number of aliphatic hydroxyl groups is 4. The summed E-state index contributed by atoms with van der Waals surface area (Å²) in [6.45, 7) is 9.60. The summed E-state index contributed by atoms with van der Waals surface area (Å²) >= 11 is 0. The van der Waals surface area contributed by atoms with E-state index >= 15 is 0 Å². The molecule has 4 aliphatic rings. The van der Waals surface area contributed by atoms with Gasteiger partial charge in [0.25, 0.3) is 0 Å². The molecule has 1 aliphatic carbocycles. The number of rotatable bonds is 13. The Kier molecular flexibility index (Phi) is 12.2. The van der Waals surface area contributed by atoms with Crippen molar-refractivity contribution in [3.05, 3.63) is 112 Å². The average molecular weight is 782 g/mol. The third kappa shape index (κ3) is 8.37. The molecule has 5 atom stereocenters. The molecule has 3 heterocycles. The molecule has 0 bridgehead atoms. The summed E-state index contributed by atoms with van der Waals surface area (Å²) in [5.74, 6) is 2.36. The van der Waals surface area contributed by atoms with Crippen LogP contribution in [0.2, 0.25) is 0 Å². The summed E-state index contributed by atoms with van der Waals surface area (Å²) in [4.78, 5) is 12.3. The minimum Gasteiger partial charge on any atom is -0.488 e. The highest BCUT2D eigenvalue weighted by molar-refractivity contribution is 6.03. The van der Waals surface area contributed by atoms with Gasteiger partial charge in [-0.2, -0.15) is 4.58 Å². The quantitative estimate of drug-likeness (QED) is 0.131. The molecule has 12 heteroatoms. The lowest BCUT2D eigenvalue weighted by Gasteiger charge is -2.39. The molecule has 1 fully saturated rings. The Morgan fingerprint density at radius 2 is 1.77 bits per heavy atom. The molecule has 0 saturated carbocycles. The van der Waals surface area contributed by atoms with Gasteiger partial charge in [0.1, 0.15) is 67.2 Å². The summed E-state index contributed by atoms with van der Waals surface area (Å²) in [7, 11) is 0. The zero-order valence-electron chi connectivity index (χ0n) is 32.9. The van der Waals surface area contributed by atoms with Crippen LogP contribution < -0.4 is 19.5 Å². The van der Waals surface area contributed by atoms with Gasteiger partial charge < -0.3 is 49.4 Å². The van der Waals surface area contributed by atoms with Gasteiger partial charge in [-0.05, 0) is 87.1 Å². The molecule has 5 N–H and O–H groups in total. The number of amides is 1. The molecule has 12 nitrogen and oxygen atoms in total. The first-order valence-electron chi connectivity index (χ1n) is 19.8. The van der Waals surface area contributed by atoms with Gasteiger partial charge in [-0.1, -0.05) is 37.3 Å². The van der Waals surface area contributed by atoms with E-state index in [4.69, 9.17) is 23.7 Å². The fourth-order valence-corrected chi connectivity index (χ4v) is 7.95. The van der Waals surface area contributed by atoms with E-state index in [2.05, 4.69) is 73.2 Å². The predicted molar refractivity (Wildman–Crippen MR) is 214 cm³/mol. The van der Waals surface area contributed by atoms with Crippen molar-refractivity contribution in [3.63, 3.8) is 0 Å². The van der Waals surface area contributed by atoms with Crippen molar-refractivity contribution in [2.75, 3.05) is 19.7 Å². The molecule has 57 heavy (non-hydrogen) atoms. The van der Waals surface area contributed by atoms with E-state index in [1.165, 1.54) is 17.0 Å². The van der Waals surface area contributed by atoms with E-state index in [-0.39, 0.29) is 18.6 Å². The minimum absolute atomic E-state index is 0.00870. The minimum atomic E-state index is -1.54. The number of allylic oxidation sites excluding steroid dienone is 4. The Morgan fingerprint density at radius 3 is 2.53 bits per heavy atom. The van der Waals surface area contributed by atoms with Gasteiger partial charge in [0.15, 0.2) is 5.71 Å². The van der Waals surface area contributed by atoms with Gasteiger partial charge in [0.2, 0.25) is 12.0 Å². The standard InChI is InChI=1S/C45H52N2O10/c1-5-20-47-34-13-8-7-12-33(34)45(3,4)38(47)19-16-28-10-9-11-29-21-30-22-31(26-54-44(52)46-6-2)35(23-36(30)56-42(28)29)53-25-27-14-17-32(18-15-27)55-43-41(51)40(50)39(49)37(24-48)57-43/h7-8,12-19,21-23,37,39-41,43,48-51H,5-6,9-11,20,24-26H2,1-4H3/p+1/b19-16+/t37?,39-,40-,41?,43+/m0/s1. The molecule has 7 rings (SSSR count). The third-order valence-corrected chi connectivity index (χ3v) is 11.0. The molecule has 3 aromatic carbocycles. The molecule has 0 aromatic heterocycles. The Labute approximate surface area is 333 Å². The van der Waals surface area contributed by atoms with Gasteiger partial charge in [0, 0.05) is 47.9 Å². The molecular formula is C45H53N2O10+. The molecule has 2 unspecified atom stereocenters. The molecule has 3 aliphatic heterocycles. The van der Waals surface area contributed by atoms with E-state index in [1.807, 2.05) is 19.1 Å². The first-order valence-corrected chi connectivity index (χ1v) is 19.8. The van der Waals surface area contributed by atoms with Crippen LogP contribution in [0, 0.1) is 0 Å². The van der Waals surface area contributed by atoms with Crippen molar-refractivity contribution in [2.24, 2.45) is 0 Å². The van der Waals surface area contributed by atoms with E-state index in [0.717, 1.165) is 60.3 Å². The smallest absolute Gasteiger partial charge is 0.407 e. The topological polar surface area (TPSA) is 159 Å². The summed E-state index contributed by atoms with van der Waals surface area (Å²) in [6, 6.07) is 19.4. The zero-order chi connectivity index (χ0) is 40.3. The van der Waals surface area contributed by atoms with Crippen LogP contribution in [0.25, 0.3) is 6.08 Å². The number of aliphatic hydroxyl groups excluding tert-OH is 4. The van der Waals surface area contributed by atoms with Gasteiger partial charge in [-0.3, -0.25) is 0 Å². The highest BCUT2D eigenvalue weighted by atomic mass is 16.7. The van der Waals surface area contributed by atoms with E-state index in [9.17, 15) is 25.2 Å². The van der Waals surface area contributed by atoms with Crippen LogP contribution >= 0.6 is 0 Å². The number of hydrogen-bond donors (Lipinski definition) is 5. The second kappa shape index (κ2) is 17.3. The van der Waals surface area contributed by atoms with Crippen LogP contribution in [0.4, 0.5) is 10.5 Å². The highest BCUT2D eigenvalue weighted by Crippen LogP contribution is 2.44. The normalized spacial score (nSPS) is 23.6. The van der Waals surface area contributed by atoms with Crippen molar-refractivity contribution < 1.29 is 53.5 Å². The summed E-state index contributed by atoms with van der Waals surface area (Å²) < 4.78 is 32.3. The number of carbonyl (C=O) groups is 1. The average Bonchev–Trinajstić information content (AvgIpc) is 3.42. The van der Waals surface area contributed by atoms with Crippen molar-refractivity contribution in [2.45, 2.75) is 103 Å². The Balaban J connectivity index is 1.12. The van der Waals surface area contributed by atoms with E-state index in [0.29, 0.717) is 29.4 Å². The van der Waals surface area contributed by atoms with E-state index in [1.54, 1.807) is 24.3 Å². The number of hydrogen-bond acceptors (Lipinski definition) is 10. The first-order chi connectivity index (χ1) is 27.5. The number of nitrogens with zero attached hydrogens (tertiary/aromatic N) is 1. The lowest BCUT2D eigenvalue weighted by molar-refractivity contribution is -0.437. The van der Waals surface area contributed by atoms with Crippen LogP contribution in [0.15, 0.2) is 89.7 Å². The van der Waals surface area contributed by atoms with Crippen LogP contribution in [-0.2, 0) is 28.1 Å². The van der Waals surface area contributed by atoms with Gasteiger partial charge in [-0.15, -0.1) is 0 Å². The number of fused-ring (bicyclic) bond motifs is 3. The lowest BCUT2D eigenvalue weighted by Crippen LogP contribution is -2.60. The largest absolute Gasteiger partial charge is 0.488 e. The Hall–Kier alpha value is -4.98. The number of nitrogens with one attached hydrogen (secondary N) is 1. The van der Waals surface area contributed by atoms with Gasteiger partial charge in [-0.25, -0.2) is 4.79 Å². The number of benzene rings is 3. The van der Waals surface area contributed by atoms with Gasteiger partial charge >= 0.3 is 6.09 Å². The summed E-state index contributed by atoms with van der Waals surface area (Å²) in [5, 5.41) is 42.7. The number of carbonyl (C=O) groups excluding carboxylic acids is 1. The van der Waals surface area contributed by atoms with Crippen molar-refractivity contribution in [3.8, 4) is 17.2 Å². The van der Waals surface area contributed by atoms with Crippen molar-refractivity contribution in [1.29, 1.82) is 0 Å². The number of alkyl carbamates (subject to hydrolysis) is 1. The van der Waals surface area contributed by atoms with Crippen molar-refractivity contribution >= 4 is 23.6 Å². The molecule has 0 radical (unpaired) electrons. The number of ether oxygens (including phenoxy) is 5. The molecule has 0 spiro atoms. The lowest BCUT2D eigenvalue weighted by atomic mass is 9.81. The molecular weight excluding hydrogens is 728 g/mol. The first kappa shape index (κ1) is 40.2. The highest BCUT2D eigenvalue weighted by Gasteiger charge is 2.45. The van der Waals surface area contributed by atoms with Crippen LogP contribution in [0.5, 0.6) is 17.2 Å². The maximum Gasteiger partial charge on any atom is 0.407 e. The van der Waals surface area contributed by atoms with Crippen molar-refractivity contribution in [1.82, 2.24) is 5.32 Å². The maximum absolute atomic E-state index is 12.3. The second-order valence-corrected chi connectivity index (χ2v) is 15.3. The fraction of sp³-hybridized carbons (Fsp3) is 0.422. The second-order valence-electron chi connectivity index (χ2n) is 15.3. The third-order valence-electron chi connectivity index (χ3n) is 11.0. The van der Waals surface area contributed by atoms with Gasteiger partial charge in [0.05, 0.1) is 12.0 Å². The van der Waals surface area contributed by atoms with Crippen LogP contribution in [0.1, 0.15) is 75.6 Å². The molecule has 302 valence electrons. The van der Waals surface area contributed by atoms with Crippen LogP contribution in [0.3, 0.4) is 0 Å². The Morgan fingerprint density at radius 1 is 0.982 bits per heavy atom. The van der Waals surface area contributed by atoms with E-state index < -0.39 is 43.4 Å². The Bertz CT molecular complexity index is 2080. The maximum atomic E-state index is 12.3. The predicted octanol–water partition coefficient (Wildman–Crippen LogP) is 5.95. The molecule has 1 amide bonds. The zero-order valence-corrected chi connectivity index (χ0v) is 32.9. The molecule has 3 aromatic rings. The summed E-state index contributed by atoms with van der Waals surface area (Å²) in [6.07, 6.45) is 3.06. The molecule has 1 saturated heterocycles. The monoisotopic (exact) mass is 781 g/mol. The van der Waals surface area contributed by atoms with Crippen LogP contribution in [-0.4, -0.2) is 87.2 Å². The fourth-order valence-electron chi connectivity index (χ4n) is 7.95.